The Morgan fingerprint density at radius 1 is 0.913 bits per heavy atom. The molecule has 0 amide bonds. The molecule has 0 spiro atoms. The lowest BCUT2D eigenvalue weighted by atomic mass is 9.70. The van der Waals surface area contributed by atoms with Crippen molar-refractivity contribution in [2.45, 2.75) is 153 Å². The standard InChI is InChI=1S/C28H38O6.C6H12O2.4CH4/c1-3-15(26(30)33-28-12-14-7-19(21(28)8-14)27(31)34-28)6-13(2)25(29)32-22-11-18-10-20(22)24-17-5-4-16(9-17)23(18)24;1-5(7)8-6(2,3)4;;;;/h13-24H,3-12H2,1-2H3;1-4H3;4*1H4. The summed E-state index contributed by atoms with van der Waals surface area (Å²) < 4.78 is 22.5. The lowest BCUT2D eigenvalue weighted by Crippen LogP contribution is -2.41. The molecule has 1 saturated heterocycles. The van der Waals surface area contributed by atoms with Crippen molar-refractivity contribution in [3.05, 3.63) is 0 Å². The highest BCUT2D eigenvalue weighted by molar-refractivity contribution is 5.79. The largest absolute Gasteiger partial charge is 0.462 e. The van der Waals surface area contributed by atoms with Crippen molar-refractivity contribution in [1.29, 1.82) is 0 Å². The van der Waals surface area contributed by atoms with Crippen LogP contribution < -0.4 is 0 Å². The summed E-state index contributed by atoms with van der Waals surface area (Å²) in [4.78, 5) is 48.7. The zero-order chi connectivity index (χ0) is 30.1. The number of ether oxygens (including phenoxy) is 4. The highest BCUT2D eigenvalue weighted by atomic mass is 16.7. The van der Waals surface area contributed by atoms with Gasteiger partial charge < -0.3 is 18.9 Å². The predicted molar refractivity (Wildman–Crippen MR) is 179 cm³/mol. The average molecular weight is 651 g/mol. The van der Waals surface area contributed by atoms with Gasteiger partial charge in [0.25, 0.3) is 5.79 Å². The fourth-order valence-corrected chi connectivity index (χ4v) is 10.7. The molecule has 1 aliphatic heterocycles. The van der Waals surface area contributed by atoms with Gasteiger partial charge in [0.2, 0.25) is 0 Å². The van der Waals surface area contributed by atoms with E-state index in [4.69, 9.17) is 18.9 Å². The molecule has 7 rings (SSSR count). The maximum atomic E-state index is 13.1. The van der Waals surface area contributed by atoms with E-state index in [1.165, 1.54) is 32.6 Å². The van der Waals surface area contributed by atoms with Crippen molar-refractivity contribution >= 4 is 23.9 Å². The third kappa shape index (κ3) is 7.16. The van der Waals surface area contributed by atoms with Gasteiger partial charge in [-0.25, -0.2) is 0 Å². The molecule has 0 aromatic carbocycles. The Morgan fingerprint density at radius 2 is 1.57 bits per heavy atom. The number of carbonyl (C=O) groups is 4. The molecular formula is C38H66O8. The van der Waals surface area contributed by atoms with E-state index in [2.05, 4.69) is 0 Å². The van der Waals surface area contributed by atoms with Crippen LogP contribution in [0.1, 0.15) is 135 Å². The minimum Gasteiger partial charge on any atom is -0.462 e. The molecule has 46 heavy (non-hydrogen) atoms. The van der Waals surface area contributed by atoms with Crippen molar-refractivity contribution in [1.82, 2.24) is 0 Å². The number of carbonyl (C=O) groups excluding carboxylic acids is 4. The first-order valence-corrected chi connectivity index (χ1v) is 16.6. The van der Waals surface area contributed by atoms with E-state index in [9.17, 15) is 19.2 Å². The van der Waals surface area contributed by atoms with Crippen molar-refractivity contribution in [2.75, 3.05) is 0 Å². The maximum Gasteiger partial charge on any atom is 0.312 e. The molecule has 266 valence electrons. The summed E-state index contributed by atoms with van der Waals surface area (Å²) in [6.45, 7) is 10.8. The van der Waals surface area contributed by atoms with Crippen LogP contribution in [0.5, 0.6) is 0 Å². The summed E-state index contributed by atoms with van der Waals surface area (Å²) in [6.07, 6.45) is 10.0. The SMILES string of the molecule is C.C.C.C.CC(=O)OC(C)(C)C.CCC(CC(C)C(=O)OC1CC2CC1C1C3CCC(C3)C21)C(=O)OC12CC3CC(C(=O)O1)C2C3. The Kier molecular flexibility index (Phi) is 12.7. The van der Waals surface area contributed by atoms with Crippen LogP contribution in [-0.2, 0) is 38.1 Å². The van der Waals surface area contributed by atoms with Crippen LogP contribution in [-0.4, -0.2) is 41.4 Å². The summed E-state index contributed by atoms with van der Waals surface area (Å²) in [5, 5.41) is 0. The Labute approximate surface area is 279 Å². The van der Waals surface area contributed by atoms with E-state index in [1.807, 2.05) is 34.6 Å². The Bertz CT molecular complexity index is 1110. The molecule has 0 aromatic rings. The van der Waals surface area contributed by atoms with Gasteiger partial charge in [0.05, 0.1) is 23.7 Å². The van der Waals surface area contributed by atoms with Gasteiger partial charge >= 0.3 is 23.9 Å². The summed E-state index contributed by atoms with van der Waals surface area (Å²) in [6, 6.07) is 0. The van der Waals surface area contributed by atoms with E-state index in [0.29, 0.717) is 31.1 Å². The highest BCUT2D eigenvalue weighted by Gasteiger charge is 2.68. The topological polar surface area (TPSA) is 105 Å². The molecule has 6 aliphatic carbocycles. The molecule has 1 heterocycles. The van der Waals surface area contributed by atoms with Gasteiger partial charge in [0, 0.05) is 13.3 Å². The third-order valence-corrected chi connectivity index (χ3v) is 11.9. The molecule has 8 nitrogen and oxygen atoms in total. The monoisotopic (exact) mass is 650 g/mol. The number of hydrogen-bond acceptors (Lipinski definition) is 8. The van der Waals surface area contributed by atoms with E-state index in [0.717, 1.165) is 48.9 Å². The van der Waals surface area contributed by atoms with Crippen molar-refractivity contribution in [3.8, 4) is 0 Å². The minimum atomic E-state index is -1.04. The van der Waals surface area contributed by atoms with Gasteiger partial charge in [-0.05, 0) is 120 Å². The molecule has 8 heteroatoms. The average Bonchev–Trinajstić information content (AvgIpc) is 3.72. The normalized spacial score (nSPS) is 39.1. The van der Waals surface area contributed by atoms with E-state index < -0.39 is 5.79 Å². The van der Waals surface area contributed by atoms with Gasteiger partial charge in [-0.3, -0.25) is 19.2 Å². The quantitative estimate of drug-likeness (QED) is 0.154. The van der Waals surface area contributed by atoms with Gasteiger partial charge in [-0.1, -0.05) is 43.6 Å². The zero-order valence-corrected chi connectivity index (χ0v) is 26.3. The predicted octanol–water partition coefficient (Wildman–Crippen LogP) is 8.39. The Hall–Kier alpha value is -2.12. The summed E-state index contributed by atoms with van der Waals surface area (Å²) in [7, 11) is 0. The van der Waals surface area contributed by atoms with E-state index in [-0.39, 0.29) is 89.0 Å². The summed E-state index contributed by atoms with van der Waals surface area (Å²) in [5.74, 6) is 2.49. The first-order valence-electron chi connectivity index (χ1n) is 16.6. The molecular weight excluding hydrogens is 584 g/mol. The first kappa shape index (κ1) is 40.1. The molecule has 0 aromatic heterocycles. The number of fused-ring (bicyclic) bond motifs is 10. The van der Waals surface area contributed by atoms with E-state index in [1.54, 1.807) is 0 Å². The lowest BCUT2D eigenvalue weighted by molar-refractivity contribution is -0.226. The molecule has 0 N–H and O–H groups in total. The number of esters is 4. The van der Waals surface area contributed by atoms with E-state index >= 15 is 0 Å². The van der Waals surface area contributed by atoms with Gasteiger partial charge in [-0.2, -0.15) is 0 Å². The fourth-order valence-electron chi connectivity index (χ4n) is 10.7. The molecule has 6 saturated carbocycles. The van der Waals surface area contributed by atoms with Crippen molar-refractivity contribution in [2.24, 2.45) is 65.1 Å². The smallest absolute Gasteiger partial charge is 0.312 e. The number of rotatable bonds is 7. The second-order valence-electron chi connectivity index (χ2n) is 15.7. The first-order chi connectivity index (χ1) is 19.8. The second-order valence-corrected chi connectivity index (χ2v) is 15.7. The summed E-state index contributed by atoms with van der Waals surface area (Å²) in [5.41, 5.74) is -0.328. The molecule has 0 radical (unpaired) electrons. The van der Waals surface area contributed by atoms with Gasteiger partial charge in [-0.15, -0.1) is 0 Å². The molecule has 6 bridgehead atoms. The summed E-state index contributed by atoms with van der Waals surface area (Å²) >= 11 is 0. The number of hydrogen-bond donors (Lipinski definition) is 0. The molecule has 7 aliphatic rings. The van der Waals surface area contributed by atoms with Crippen LogP contribution in [0.3, 0.4) is 0 Å². The van der Waals surface area contributed by atoms with Crippen LogP contribution in [0.15, 0.2) is 0 Å². The van der Waals surface area contributed by atoms with Crippen LogP contribution in [0.25, 0.3) is 0 Å². The molecule has 7 fully saturated rings. The Morgan fingerprint density at radius 3 is 2.13 bits per heavy atom. The molecule has 13 atom stereocenters. The lowest BCUT2D eigenvalue weighted by Gasteiger charge is -2.38. The van der Waals surface area contributed by atoms with Gasteiger partial charge in [0.15, 0.2) is 0 Å². The van der Waals surface area contributed by atoms with Crippen LogP contribution in [0, 0.1) is 65.1 Å². The second kappa shape index (κ2) is 14.6. The van der Waals surface area contributed by atoms with Crippen molar-refractivity contribution in [3.63, 3.8) is 0 Å². The Balaban J connectivity index is 0.000000551. The highest BCUT2D eigenvalue weighted by Crippen LogP contribution is 2.68. The van der Waals surface area contributed by atoms with Crippen LogP contribution in [0.4, 0.5) is 0 Å². The molecule has 13 unspecified atom stereocenters. The minimum absolute atomic E-state index is 0. The van der Waals surface area contributed by atoms with Crippen LogP contribution >= 0.6 is 0 Å². The zero-order valence-electron chi connectivity index (χ0n) is 26.3. The van der Waals surface area contributed by atoms with Gasteiger partial charge in [0.1, 0.15) is 11.7 Å². The third-order valence-electron chi connectivity index (χ3n) is 11.9. The van der Waals surface area contributed by atoms with Crippen molar-refractivity contribution < 1.29 is 38.1 Å². The fraction of sp³-hybridized carbons (Fsp3) is 0.895. The van der Waals surface area contributed by atoms with Crippen LogP contribution in [0.2, 0.25) is 0 Å². The maximum absolute atomic E-state index is 13.1.